The fraction of sp³-hybridized carbons (Fsp3) is 0.415. The first-order chi connectivity index (χ1) is 19.8. The molecule has 0 saturated heterocycles. The van der Waals surface area contributed by atoms with Gasteiger partial charge in [0.25, 0.3) is 0 Å². The highest BCUT2D eigenvalue weighted by Crippen LogP contribution is 2.41. The Balaban J connectivity index is 0.000000197. The van der Waals surface area contributed by atoms with Gasteiger partial charge in [-0.15, -0.1) is 0 Å². The van der Waals surface area contributed by atoms with E-state index in [1.807, 2.05) is 25.1 Å². The van der Waals surface area contributed by atoms with Crippen molar-refractivity contribution in [3.8, 4) is 16.9 Å². The van der Waals surface area contributed by atoms with Gasteiger partial charge in [-0.3, -0.25) is 0 Å². The number of hydrogen-bond acceptors (Lipinski definition) is 1. The maximum absolute atomic E-state index is 10.5. The van der Waals surface area contributed by atoms with E-state index in [9.17, 15) is 5.11 Å². The molecule has 4 aromatic carbocycles. The van der Waals surface area contributed by atoms with Crippen LogP contribution in [0.15, 0.2) is 78.9 Å². The second-order valence-electron chi connectivity index (χ2n) is 16.3. The van der Waals surface area contributed by atoms with Crippen LogP contribution in [0, 0.1) is 12.3 Å². The van der Waals surface area contributed by atoms with Gasteiger partial charge in [0.1, 0.15) is 5.75 Å². The van der Waals surface area contributed by atoms with Gasteiger partial charge < -0.3 is 10.1 Å². The Morgan fingerprint density at radius 1 is 0.581 bits per heavy atom. The Morgan fingerprint density at radius 3 is 1.51 bits per heavy atom. The number of rotatable bonds is 3. The van der Waals surface area contributed by atoms with E-state index in [0.717, 1.165) is 23.1 Å². The lowest BCUT2D eigenvalue weighted by atomic mass is 9.71. The first-order valence-corrected chi connectivity index (χ1v) is 15.7. The first-order valence-electron chi connectivity index (χ1n) is 15.7. The van der Waals surface area contributed by atoms with Crippen molar-refractivity contribution in [1.82, 2.24) is 4.98 Å². The summed E-state index contributed by atoms with van der Waals surface area (Å²) in [6.07, 6.45) is 1.10. The molecular weight excluding hydrogens is 522 g/mol. The molecule has 1 heterocycles. The second-order valence-corrected chi connectivity index (χ2v) is 16.3. The molecule has 0 atom stereocenters. The number of aromatic nitrogens is 1. The first kappa shape index (κ1) is 32.4. The van der Waals surface area contributed by atoms with Crippen molar-refractivity contribution in [2.24, 2.45) is 5.41 Å². The lowest BCUT2D eigenvalue weighted by molar-refractivity contribution is 0.284. The highest BCUT2D eigenvalue weighted by molar-refractivity contribution is 6.07. The fourth-order valence-electron chi connectivity index (χ4n) is 6.27. The third-order valence-electron chi connectivity index (χ3n) is 8.47. The minimum Gasteiger partial charge on any atom is -0.507 e. The van der Waals surface area contributed by atoms with Crippen LogP contribution in [0.25, 0.3) is 32.9 Å². The molecule has 43 heavy (non-hydrogen) atoms. The van der Waals surface area contributed by atoms with E-state index in [-0.39, 0.29) is 21.7 Å². The monoisotopic (exact) mass is 575 g/mol. The quantitative estimate of drug-likeness (QED) is 0.220. The summed E-state index contributed by atoms with van der Waals surface area (Å²) in [6, 6.07) is 28.0. The molecular formula is C41H53NO. The Hall–Kier alpha value is -3.52. The van der Waals surface area contributed by atoms with Crippen molar-refractivity contribution >= 4 is 21.8 Å². The van der Waals surface area contributed by atoms with Crippen LogP contribution >= 0.6 is 0 Å². The van der Waals surface area contributed by atoms with Crippen molar-refractivity contribution in [1.29, 1.82) is 0 Å². The Bertz CT molecular complexity index is 1650. The van der Waals surface area contributed by atoms with Gasteiger partial charge in [-0.1, -0.05) is 125 Å². The van der Waals surface area contributed by atoms with Gasteiger partial charge in [0.15, 0.2) is 0 Å². The van der Waals surface area contributed by atoms with Crippen LogP contribution < -0.4 is 0 Å². The average molecular weight is 576 g/mol. The van der Waals surface area contributed by atoms with E-state index < -0.39 is 0 Å². The molecule has 1 aromatic heterocycles. The lowest BCUT2D eigenvalue weighted by Crippen LogP contribution is -2.25. The summed E-state index contributed by atoms with van der Waals surface area (Å²) in [7, 11) is 0. The van der Waals surface area contributed by atoms with Crippen molar-refractivity contribution in [3.05, 3.63) is 101 Å². The molecule has 0 aliphatic carbocycles. The molecule has 0 fully saturated rings. The number of hydrogen-bond donors (Lipinski definition) is 2. The second kappa shape index (κ2) is 11.5. The van der Waals surface area contributed by atoms with Gasteiger partial charge in [0.05, 0.1) is 0 Å². The van der Waals surface area contributed by atoms with Gasteiger partial charge in [-0.25, -0.2) is 0 Å². The molecule has 0 aliphatic rings. The Labute approximate surface area is 260 Å². The number of H-pyrrole nitrogens is 1. The minimum atomic E-state index is 0.0697. The zero-order valence-electron chi connectivity index (χ0n) is 28.7. The molecule has 0 unspecified atom stereocenters. The van der Waals surface area contributed by atoms with Crippen molar-refractivity contribution in [3.63, 3.8) is 0 Å². The summed E-state index contributed by atoms with van der Waals surface area (Å²) in [6.45, 7) is 27.0. The summed E-state index contributed by atoms with van der Waals surface area (Å²) in [5.41, 5.74) is 10.1. The normalized spacial score (nSPS) is 12.8. The molecule has 0 radical (unpaired) electrons. The number of nitrogens with one attached hydrogen (secondary N) is 1. The topological polar surface area (TPSA) is 36.0 Å². The molecule has 2 heteroatoms. The number of fused-ring (bicyclic) bond motifs is 3. The van der Waals surface area contributed by atoms with Gasteiger partial charge in [-0.2, -0.15) is 0 Å². The molecule has 5 aromatic rings. The number of phenolic OH excluding ortho intramolecular Hbond substituents is 1. The van der Waals surface area contributed by atoms with Gasteiger partial charge in [-0.05, 0) is 93.2 Å². The number of aryl methyl sites for hydroxylation is 1. The summed E-state index contributed by atoms with van der Waals surface area (Å²) in [4.78, 5) is 3.54. The molecule has 0 amide bonds. The molecule has 228 valence electrons. The molecule has 5 rings (SSSR count). The van der Waals surface area contributed by atoms with Crippen LogP contribution in [-0.4, -0.2) is 10.1 Å². The predicted octanol–water partition coefficient (Wildman–Crippen LogP) is 12.0. The van der Waals surface area contributed by atoms with Crippen LogP contribution in [-0.2, 0) is 16.2 Å². The Kier molecular flexibility index (Phi) is 8.68. The number of phenols is 1. The average Bonchev–Trinajstić information content (AvgIpc) is 3.26. The zero-order chi connectivity index (χ0) is 32.0. The highest BCUT2D eigenvalue weighted by Gasteiger charge is 2.28. The zero-order valence-corrected chi connectivity index (χ0v) is 28.7. The summed E-state index contributed by atoms with van der Waals surface area (Å²) in [5, 5.41) is 13.1. The Morgan fingerprint density at radius 2 is 1.07 bits per heavy atom. The van der Waals surface area contributed by atoms with Gasteiger partial charge in [0.2, 0.25) is 0 Å². The number of aromatic hydroxyl groups is 1. The molecule has 2 N–H and O–H groups in total. The van der Waals surface area contributed by atoms with E-state index >= 15 is 0 Å². The predicted molar refractivity (Wildman–Crippen MR) is 189 cm³/mol. The van der Waals surface area contributed by atoms with E-state index in [1.165, 1.54) is 38.5 Å². The maximum atomic E-state index is 10.5. The van der Waals surface area contributed by atoms with Crippen LogP contribution in [0.2, 0.25) is 0 Å². The maximum Gasteiger partial charge on any atom is 0.126 e. The van der Waals surface area contributed by atoms with Crippen molar-refractivity contribution < 1.29 is 5.11 Å². The minimum absolute atomic E-state index is 0.0697. The number of aromatic amines is 1. The summed E-state index contributed by atoms with van der Waals surface area (Å²) >= 11 is 0. The van der Waals surface area contributed by atoms with Gasteiger partial charge in [0, 0.05) is 27.4 Å². The van der Waals surface area contributed by atoms with E-state index in [1.54, 1.807) is 0 Å². The molecule has 0 bridgehead atoms. The van der Waals surface area contributed by atoms with Crippen molar-refractivity contribution in [2.45, 2.75) is 106 Å². The third kappa shape index (κ3) is 7.53. The molecule has 2 nitrogen and oxygen atoms in total. The van der Waals surface area contributed by atoms with Crippen molar-refractivity contribution in [2.75, 3.05) is 0 Å². The molecule has 0 saturated carbocycles. The van der Waals surface area contributed by atoms with Gasteiger partial charge >= 0.3 is 0 Å². The van der Waals surface area contributed by atoms with Crippen LogP contribution in [0.1, 0.15) is 105 Å². The third-order valence-corrected chi connectivity index (χ3v) is 8.47. The highest BCUT2D eigenvalue weighted by atomic mass is 16.3. The largest absolute Gasteiger partial charge is 0.507 e. The van der Waals surface area contributed by atoms with Crippen LogP contribution in [0.4, 0.5) is 0 Å². The van der Waals surface area contributed by atoms with E-state index in [4.69, 9.17) is 0 Å². The van der Waals surface area contributed by atoms with E-state index in [0.29, 0.717) is 5.75 Å². The van der Waals surface area contributed by atoms with Crippen LogP contribution in [0.3, 0.4) is 0 Å². The number of benzene rings is 4. The SMILES string of the molecule is CC(C)(C)c1ccc2[nH]c3ccc(C(C)(C)C)cc3c2c1.Cc1cc(C(C)(C)CC(C)(C)C)cc(-c2ccccc2)c1O. The lowest BCUT2D eigenvalue weighted by Gasteiger charge is -2.33. The van der Waals surface area contributed by atoms with E-state index in [2.05, 4.69) is 142 Å². The molecule has 0 aliphatic heterocycles. The standard InChI is InChI=1S/C21H28O.C20H25N/c1-15-12-17(21(5,6)14-20(2,3)4)13-18(19(15)22)16-10-8-7-9-11-16;1-19(2,3)13-7-9-17-15(11-13)16-12-14(20(4,5)6)8-10-18(16)21-17/h7-13,22H,14H2,1-6H3;7-12,21H,1-6H3. The fourth-order valence-corrected chi connectivity index (χ4v) is 6.27. The molecule has 0 spiro atoms. The van der Waals surface area contributed by atoms with Crippen LogP contribution in [0.5, 0.6) is 5.75 Å². The smallest absolute Gasteiger partial charge is 0.126 e. The summed E-state index contributed by atoms with van der Waals surface area (Å²) < 4.78 is 0. The summed E-state index contributed by atoms with van der Waals surface area (Å²) in [5.74, 6) is 0.390.